The van der Waals surface area contributed by atoms with Gasteiger partial charge in [0, 0.05) is 6.20 Å². The molecule has 0 aromatic carbocycles. The van der Waals surface area contributed by atoms with Crippen LogP contribution >= 0.6 is 0 Å². The molecule has 22 heavy (non-hydrogen) atoms. The lowest BCUT2D eigenvalue weighted by molar-refractivity contribution is -0.874. The zero-order chi connectivity index (χ0) is 16.1. The topological polar surface area (TPSA) is 36.0 Å². The molecule has 0 aliphatic carbocycles. The molecule has 0 bridgehead atoms. The standard InChI is InChI=1S/C19H34N2O/c1-3-4-5-6-7-8-9-10-11-14-17-21(2,22)18-19-15-12-13-16-20-19/h12-13,15-16H,3-11,14,17-18H2,1-2H3. The summed E-state index contributed by atoms with van der Waals surface area (Å²) < 4.78 is -0.200. The molecule has 0 amide bonds. The summed E-state index contributed by atoms with van der Waals surface area (Å²) in [4.78, 5) is 4.25. The van der Waals surface area contributed by atoms with E-state index in [2.05, 4.69) is 11.9 Å². The Labute approximate surface area is 136 Å². The largest absolute Gasteiger partial charge is 0.633 e. The lowest BCUT2D eigenvalue weighted by atomic mass is 10.1. The summed E-state index contributed by atoms with van der Waals surface area (Å²) in [6.07, 6.45) is 14.8. The summed E-state index contributed by atoms with van der Waals surface area (Å²) >= 11 is 0. The first-order valence-electron chi connectivity index (χ1n) is 9.09. The average Bonchev–Trinajstić information content (AvgIpc) is 2.49. The normalized spacial score (nSPS) is 14.0. The number of aromatic nitrogens is 1. The van der Waals surface area contributed by atoms with Crippen molar-refractivity contribution < 1.29 is 4.65 Å². The highest BCUT2D eigenvalue weighted by atomic mass is 16.5. The van der Waals surface area contributed by atoms with Crippen LogP contribution in [0.2, 0.25) is 0 Å². The van der Waals surface area contributed by atoms with Crippen molar-refractivity contribution in [2.24, 2.45) is 0 Å². The van der Waals surface area contributed by atoms with Gasteiger partial charge in [0.25, 0.3) is 0 Å². The Balaban J connectivity index is 1.99. The Kier molecular flexibility index (Phi) is 10.1. The number of hydroxylamine groups is 3. The molecule has 0 spiro atoms. The van der Waals surface area contributed by atoms with Crippen LogP contribution in [0.25, 0.3) is 0 Å². The van der Waals surface area contributed by atoms with Gasteiger partial charge in [0.2, 0.25) is 0 Å². The van der Waals surface area contributed by atoms with Crippen LogP contribution in [0.5, 0.6) is 0 Å². The summed E-state index contributed by atoms with van der Waals surface area (Å²) in [5.74, 6) is 0. The van der Waals surface area contributed by atoms with Crippen LogP contribution in [0.3, 0.4) is 0 Å². The van der Waals surface area contributed by atoms with Gasteiger partial charge in [-0.15, -0.1) is 0 Å². The number of rotatable bonds is 13. The van der Waals surface area contributed by atoms with Crippen molar-refractivity contribution in [3.8, 4) is 0 Å². The van der Waals surface area contributed by atoms with E-state index in [1.165, 1.54) is 57.8 Å². The van der Waals surface area contributed by atoms with E-state index in [0.717, 1.165) is 12.1 Å². The molecule has 0 N–H and O–H groups in total. The van der Waals surface area contributed by atoms with Crippen molar-refractivity contribution in [1.82, 2.24) is 4.98 Å². The number of hydrogen-bond donors (Lipinski definition) is 0. The molecule has 0 aliphatic heterocycles. The van der Waals surface area contributed by atoms with E-state index in [0.29, 0.717) is 13.1 Å². The lowest BCUT2D eigenvalue weighted by Crippen LogP contribution is -2.37. The van der Waals surface area contributed by atoms with Crippen LogP contribution in [0.4, 0.5) is 0 Å². The highest BCUT2D eigenvalue weighted by Crippen LogP contribution is 2.13. The Morgan fingerprint density at radius 3 is 2.05 bits per heavy atom. The van der Waals surface area contributed by atoms with Crippen molar-refractivity contribution in [3.05, 3.63) is 35.3 Å². The minimum atomic E-state index is -0.200. The molecule has 1 heterocycles. The third-order valence-corrected chi connectivity index (χ3v) is 4.21. The predicted octanol–water partition coefficient (Wildman–Crippen LogP) is 5.45. The quantitative estimate of drug-likeness (QED) is 0.276. The molecule has 0 saturated carbocycles. The van der Waals surface area contributed by atoms with E-state index in [1.807, 2.05) is 18.2 Å². The van der Waals surface area contributed by atoms with Crippen molar-refractivity contribution in [2.45, 2.75) is 77.7 Å². The molecule has 1 aromatic rings. The molecule has 126 valence electrons. The van der Waals surface area contributed by atoms with E-state index in [9.17, 15) is 5.21 Å². The first kappa shape index (κ1) is 19.1. The van der Waals surface area contributed by atoms with Crippen molar-refractivity contribution in [1.29, 1.82) is 0 Å². The van der Waals surface area contributed by atoms with Gasteiger partial charge in [-0.3, -0.25) is 4.98 Å². The first-order chi connectivity index (χ1) is 10.6. The van der Waals surface area contributed by atoms with Crippen LogP contribution in [-0.2, 0) is 6.54 Å². The summed E-state index contributed by atoms with van der Waals surface area (Å²) in [7, 11) is 1.77. The van der Waals surface area contributed by atoms with Gasteiger partial charge in [0.05, 0.1) is 19.3 Å². The van der Waals surface area contributed by atoms with Gasteiger partial charge in [-0.2, -0.15) is 0 Å². The predicted molar refractivity (Wildman–Crippen MR) is 94.2 cm³/mol. The van der Waals surface area contributed by atoms with Crippen LogP contribution in [0, 0.1) is 5.21 Å². The van der Waals surface area contributed by atoms with E-state index in [-0.39, 0.29) is 4.65 Å². The maximum Gasteiger partial charge on any atom is 0.121 e. The lowest BCUT2D eigenvalue weighted by Gasteiger charge is -2.38. The number of hydrogen-bond acceptors (Lipinski definition) is 2. The molecule has 0 fully saturated rings. The summed E-state index contributed by atoms with van der Waals surface area (Å²) in [5, 5.41) is 12.4. The molecule has 0 aliphatic rings. The fourth-order valence-electron chi connectivity index (χ4n) is 2.85. The molecular weight excluding hydrogens is 272 g/mol. The van der Waals surface area contributed by atoms with Gasteiger partial charge in [0.1, 0.15) is 6.54 Å². The summed E-state index contributed by atoms with van der Waals surface area (Å²) in [5.41, 5.74) is 0.895. The smallest absolute Gasteiger partial charge is 0.121 e. The van der Waals surface area contributed by atoms with Crippen LogP contribution in [0.15, 0.2) is 24.4 Å². The zero-order valence-corrected chi connectivity index (χ0v) is 14.6. The van der Waals surface area contributed by atoms with E-state index < -0.39 is 0 Å². The third kappa shape index (κ3) is 9.91. The second kappa shape index (κ2) is 11.6. The fourth-order valence-corrected chi connectivity index (χ4v) is 2.85. The highest BCUT2D eigenvalue weighted by Gasteiger charge is 2.11. The monoisotopic (exact) mass is 306 g/mol. The minimum absolute atomic E-state index is 0.200. The number of quaternary nitrogens is 1. The van der Waals surface area contributed by atoms with Crippen LogP contribution in [-0.4, -0.2) is 23.2 Å². The van der Waals surface area contributed by atoms with Crippen molar-refractivity contribution in [2.75, 3.05) is 13.6 Å². The van der Waals surface area contributed by atoms with Crippen molar-refractivity contribution in [3.63, 3.8) is 0 Å². The van der Waals surface area contributed by atoms with Crippen LogP contribution in [0.1, 0.15) is 76.8 Å². The Morgan fingerprint density at radius 2 is 1.50 bits per heavy atom. The van der Waals surface area contributed by atoms with Gasteiger partial charge in [-0.1, -0.05) is 64.4 Å². The minimum Gasteiger partial charge on any atom is -0.633 e. The van der Waals surface area contributed by atoms with E-state index >= 15 is 0 Å². The second-order valence-corrected chi connectivity index (χ2v) is 6.68. The van der Waals surface area contributed by atoms with Gasteiger partial charge in [0.15, 0.2) is 0 Å². The van der Waals surface area contributed by atoms with Gasteiger partial charge in [-0.25, -0.2) is 0 Å². The first-order valence-corrected chi connectivity index (χ1v) is 9.09. The van der Waals surface area contributed by atoms with E-state index in [1.54, 1.807) is 13.2 Å². The number of nitrogens with zero attached hydrogens (tertiary/aromatic N) is 2. The Bertz CT molecular complexity index is 365. The molecule has 3 nitrogen and oxygen atoms in total. The summed E-state index contributed by atoms with van der Waals surface area (Å²) in [6.45, 7) is 3.45. The molecule has 1 rings (SSSR count). The maximum atomic E-state index is 12.4. The molecule has 1 aromatic heterocycles. The molecule has 3 heteroatoms. The molecular formula is C19H34N2O. The Hall–Kier alpha value is -0.930. The molecule has 1 atom stereocenters. The SMILES string of the molecule is CCCCCCCCCCCC[N+](C)([O-])Cc1ccccn1. The third-order valence-electron chi connectivity index (χ3n) is 4.21. The average molecular weight is 306 g/mol. The van der Waals surface area contributed by atoms with Gasteiger partial charge >= 0.3 is 0 Å². The Morgan fingerprint density at radius 1 is 0.909 bits per heavy atom. The molecule has 1 unspecified atom stereocenters. The molecule has 0 radical (unpaired) electrons. The molecule has 0 saturated heterocycles. The van der Waals surface area contributed by atoms with Crippen molar-refractivity contribution >= 4 is 0 Å². The number of pyridine rings is 1. The summed E-state index contributed by atoms with van der Waals surface area (Å²) in [6, 6.07) is 5.77. The zero-order valence-electron chi connectivity index (χ0n) is 14.6. The van der Waals surface area contributed by atoms with E-state index in [4.69, 9.17) is 0 Å². The van der Waals surface area contributed by atoms with Gasteiger partial charge in [-0.05, 0) is 25.0 Å². The number of unbranched alkanes of at least 4 members (excludes halogenated alkanes) is 9. The van der Waals surface area contributed by atoms with Gasteiger partial charge < -0.3 is 9.85 Å². The maximum absolute atomic E-state index is 12.4. The highest BCUT2D eigenvalue weighted by molar-refractivity contribution is 5.01. The van der Waals surface area contributed by atoms with Crippen LogP contribution < -0.4 is 0 Å². The fraction of sp³-hybridized carbons (Fsp3) is 0.737. The second-order valence-electron chi connectivity index (χ2n) is 6.68.